The summed E-state index contributed by atoms with van der Waals surface area (Å²) in [7, 11) is 0. The Bertz CT molecular complexity index is 801. The molecule has 5 heteroatoms. The molecule has 2 aromatic carbocycles. The molecule has 22 heavy (non-hydrogen) atoms. The van der Waals surface area contributed by atoms with E-state index in [1.165, 1.54) is 22.7 Å². The van der Waals surface area contributed by atoms with Gasteiger partial charge in [-0.15, -0.1) is 0 Å². The molecule has 2 nitrogen and oxygen atoms in total. The highest BCUT2D eigenvalue weighted by molar-refractivity contribution is 8.27. The van der Waals surface area contributed by atoms with Gasteiger partial charge in [-0.05, 0) is 36.8 Å². The topological polar surface area (TPSA) is 20.3 Å². The molecule has 1 heterocycles. The number of aryl methyl sites for hydroxylation is 1. The Morgan fingerprint density at radius 3 is 2.68 bits per heavy atom. The van der Waals surface area contributed by atoms with E-state index in [4.69, 9.17) is 12.2 Å². The fraction of sp³-hybridized carbons (Fsp3) is 0.0588. The van der Waals surface area contributed by atoms with Crippen LogP contribution >= 0.6 is 24.0 Å². The number of thioether (sulfide) groups is 1. The number of nitrogens with zero attached hydrogens (tertiary/aromatic N) is 1. The summed E-state index contributed by atoms with van der Waals surface area (Å²) in [6, 6.07) is 13.9. The average molecular weight is 329 g/mol. The Labute approximate surface area is 137 Å². The molecule has 0 aromatic heterocycles. The third kappa shape index (κ3) is 2.82. The molecule has 0 atom stereocenters. The zero-order valence-electron chi connectivity index (χ0n) is 11.7. The Hall–Kier alpha value is -1.98. The van der Waals surface area contributed by atoms with Crippen LogP contribution in [0.2, 0.25) is 0 Å². The minimum Gasteiger partial charge on any atom is -0.268 e. The summed E-state index contributed by atoms with van der Waals surface area (Å²) < 4.78 is 14.2. The lowest BCUT2D eigenvalue weighted by Crippen LogP contribution is -2.27. The van der Waals surface area contributed by atoms with Crippen molar-refractivity contribution in [2.24, 2.45) is 0 Å². The van der Waals surface area contributed by atoms with E-state index >= 15 is 0 Å². The third-order valence-corrected chi connectivity index (χ3v) is 4.55. The zero-order valence-corrected chi connectivity index (χ0v) is 13.4. The first-order chi connectivity index (χ1) is 10.6. The molecule has 0 unspecified atom stereocenters. The summed E-state index contributed by atoms with van der Waals surface area (Å²) in [5.74, 6) is -0.577. The molecule has 1 saturated heterocycles. The predicted molar refractivity (Wildman–Crippen MR) is 93.2 cm³/mol. The van der Waals surface area contributed by atoms with E-state index in [1.54, 1.807) is 24.3 Å². The lowest BCUT2D eigenvalue weighted by atomic mass is 10.2. The van der Waals surface area contributed by atoms with Gasteiger partial charge in [-0.3, -0.25) is 9.69 Å². The predicted octanol–water partition coefficient (Wildman–Crippen LogP) is 4.54. The highest BCUT2D eigenvalue weighted by Crippen LogP contribution is 2.36. The fourth-order valence-electron chi connectivity index (χ4n) is 2.19. The molecule has 0 N–H and O–H groups in total. The lowest BCUT2D eigenvalue weighted by Gasteiger charge is -2.14. The number of amides is 1. The lowest BCUT2D eigenvalue weighted by molar-refractivity contribution is -0.113. The normalized spacial score (nSPS) is 16.6. The summed E-state index contributed by atoms with van der Waals surface area (Å²) in [4.78, 5) is 14.5. The van der Waals surface area contributed by atoms with Crippen molar-refractivity contribution in [3.8, 4) is 0 Å². The van der Waals surface area contributed by atoms with E-state index < -0.39 is 0 Å². The third-order valence-electron chi connectivity index (χ3n) is 3.25. The van der Waals surface area contributed by atoms with Gasteiger partial charge in [0.1, 0.15) is 5.82 Å². The maximum Gasteiger partial charge on any atom is 0.270 e. The molecule has 110 valence electrons. The SMILES string of the molecule is Cc1cccc(N2C(=O)/C(=C\c3ccccc3F)SC2=S)c1. The van der Waals surface area contributed by atoms with Crippen LogP contribution in [0.5, 0.6) is 0 Å². The Balaban J connectivity index is 1.97. The van der Waals surface area contributed by atoms with Crippen molar-refractivity contribution < 1.29 is 9.18 Å². The van der Waals surface area contributed by atoms with Crippen LogP contribution in [0.4, 0.5) is 10.1 Å². The van der Waals surface area contributed by atoms with Crippen LogP contribution < -0.4 is 4.90 Å². The van der Waals surface area contributed by atoms with E-state index in [0.717, 1.165) is 11.3 Å². The molecule has 0 bridgehead atoms. The smallest absolute Gasteiger partial charge is 0.268 e. The zero-order chi connectivity index (χ0) is 15.7. The van der Waals surface area contributed by atoms with Gasteiger partial charge in [0.05, 0.1) is 10.6 Å². The maximum absolute atomic E-state index is 13.7. The molecule has 1 aliphatic rings. The number of carbonyl (C=O) groups excluding carboxylic acids is 1. The van der Waals surface area contributed by atoms with Gasteiger partial charge in [-0.25, -0.2) is 4.39 Å². The van der Waals surface area contributed by atoms with E-state index in [2.05, 4.69) is 0 Å². The maximum atomic E-state index is 13.7. The second kappa shape index (κ2) is 6.02. The van der Waals surface area contributed by atoms with Crippen LogP contribution in [0.25, 0.3) is 6.08 Å². The summed E-state index contributed by atoms with van der Waals surface area (Å²) in [6.07, 6.45) is 1.55. The second-order valence-corrected chi connectivity index (χ2v) is 6.55. The van der Waals surface area contributed by atoms with E-state index in [1.807, 2.05) is 31.2 Å². The molecule has 1 fully saturated rings. The largest absolute Gasteiger partial charge is 0.270 e. The molecule has 3 rings (SSSR count). The van der Waals surface area contributed by atoms with Gasteiger partial charge < -0.3 is 0 Å². The van der Waals surface area contributed by atoms with Crippen molar-refractivity contribution in [2.45, 2.75) is 6.92 Å². The number of halogens is 1. The van der Waals surface area contributed by atoms with Crippen LogP contribution in [0.15, 0.2) is 53.4 Å². The summed E-state index contributed by atoms with van der Waals surface area (Å²) in [6.45, 7) is 1.95. The monoisotopic (exact) mass is 329 g/mol. The molecule has 0 radical (unpaired) electrons. The Kier molecular flexibility index (Phi) is 4.09. The molecular weight excluding hydrogens is 317 g/mol. The van der Waals surface area contributed by atoms with Crippen molar-refractivity contribution in [1.29, 1.82) is 0 Å². The van der Waals surface area contributed by atoms with E-state index in [-0.39, 0.29) is 11.7 Å². The van der Waals surface area contributed by atoms with Crippen molar-refractivity contribution in [1.82, 2.24) is 0 Å². The van der Waals surface area contributed by atoms with Crippen LogP contribution in [0.1, 0.15) is 11.1 Å². The molecule has 0 spiro atoms. The number of hydrogen-bond acceptors (Lipinski definition) is 3. The second-order valence-electron chi connectivity index (χ2n) is 4.88. The standard InChI is InChI=1S/C17H12FNOS2/c1-11-5-4-7-13(9-11)19-16(20)15(22-17(19)21)10-12-6-2-3-8-14(12)18/h2-10H,1H3/b15-10+. The van der Waals surface area contributed by atoms with Crippen LogP contribution in [0.3, 0.4) is 0 Å². The van der Waals surface area contributed by atoms with Crippen molar-refractivity contribution in [3.63, 3.8) is 0 Å². The van der Waals surface area contributed by atoms with Gasteiger partial charge in [0.2, 0.25) is 0 Å². The van der Waals surface area contributed by atoms with Crippen LogP contribution in [-0.2, 0) is 4.79 Å². The number of benzene rings is 2. The number of rotatable bonds is 2. The first-order valence-corrected chi connectivity index (χ1v) is 7.88. The molecule has 0 aliphatic carbocycles. The number of hydrogen-bond donors (Lipinski definition) is 0. The average Bonchev–Trinajstić information content (AvgIpc) is 2.76. The highest BCUT2D eigenvalue weighted by atomic mass is 32.2. The van der Waals surface area contributed by atoms with Crippen molar-refractivity contribution >= 4 is 46.0 Å². The van der Waals surface area contributed by atoms with Gasteiger partial charge in [-0.2, -0.15) is 0 Å². The van der Waals surface area contributed by atoms with E-state index in [0.29, 0.717) is 14.8 Å². The molecule has 0 saturated carbocycles. The van der Waals surface area contributed by atoms with E-state index in [9.17, 15) is 9.18 Å². The summed E-state index contributed by atoms with van der Waals surface area (Å²) >= 11 is 6.49. The number of carbonyl (C=O) groups is 1. The van der Waals surface area contributed by atoms with Gasteiger partial charge in [0.25, 0.3) is 5.91 Å². The van der Waals surface area contributed by atoms with Crippen LogP contribution in [0, 0.1) is 12.7 Å². The highest BCUT2D eigenvalue weighted by Gasteiger charge is 2.33. The first kappa shape index (κ1) is 14.9. The number of thiocarbonyl (C=S) groups is 1. The molecule has 2 aromatic rings. The van der Waals surface area contributed by atoms with Crippen LogP contribution in [-0.4, -0.2) is 10.2 Å². The minimum absolute atomic E-state index is 0.219. The summed E-state index contributed by atoms with van der Waals surface area (Å²) in [5, 5.41) is 0. The summed E-state index contributed by atoms with van der Waals surface area (Å²) in [5.41, 5.74) is 2.16. The Morgan fingerprint density at radius 2 is 1.95 bits per heavy atom. The van der Waals surface area contributed by atoms with Gasteiger partial charge in [0, 0.05) is 5.56 Å². The molecule has 1 aliphatic heterocycles. The van der Waals surface area contributed by atoms with Crippen molar-refractivity contribution in [2.75, 3.05) is 4.90 Å². The Morgan fingerprint density at radius 1 is 1.18 bits per heavy atom. The van der Waals surface area contributed by atoms with Gasteiger partial charge >= 0.3 is 0 Å². The quantitative estimate of drug-likeness (QED) is 0.596. The molecular formula is C17H12FNOS2. The molecule has 1 amide bonds. The van der Waals surface area contributed by atoms with Crippen molar-refractivity contribution in [3.05, 3.63) is 70.4 Å². The minimum atomic E-state index is -0.358. The van der Waals surface area contributed by atoms with Gasteiger partial charge in [0.15, 0.2) is 4.32 Å². The first-order valence-electron chi connectivity index (χ1n) is 6.65. The number of anilines is 1. The van der Waals surface area contributed by atoms with Gasteiger partial charge in [-0.1, -0.05) is 54.3 Å². The fourth-order valence-corrected chi connectivity index (χ4v) is 3.48.